The van der Waals surface area contributed by atoms with Crippen LogP contribution in [-0.2, 0) is 0 Å². The van der Waals surface area contributed by atoms with E-state index in [1.54, 1.807) is 23.5 Å². The highest BCUT2D eigenvalue weighted by Crippen LogP contribution is 2.41. The fraction of sp³-hybridized carbons (Fsp3) is 0.133. The minimum atomic E-state index is 0.270. The van der Waals surface area contributed by atoms with Crippen molar-refractivity contribution in [3.63, 3.8) is 0 Å². The SMILES string of the molecule is Cc1cc(-c2noc(N)c2-c2ccc(Cl)c(Cl)c2)sc1C. The molecule has 2 aromatic heterocycles. The standard InChI is InChI=1S/C15H12Cl2N2OS/c1-7-5-12(21-8(7)2)14-13(15(18)20-19-14)9-3-4-10(16)11(17)6-9/h3-6H,18H2,1-2H3. The molecule has 3 aromatic rings. The summed E-state index contributed by atoms with van der Waals surface area (Å²) in [5.74, 6) is 0.270. The Morgan fingerprint density at radius 3 is 2.52 bits per heavy atom. The molecule has 108 valence electrons. The second-order valence-corrected chi connectivity index (χ2v) is 6.82. The summed E-state index contributed by atoms with van der Waals surface area (Å²) in [6.07, 6.45) is 0. The lowest BCUT2D eigenvalue weighted by Crippen LogP contribution is -1.87. The van der Waals surface area contributed by atoms with Gasteiger partial charge in [-0.3, -0.25) is 0 Å². The van der Waals surface area contributed by atoms with Crippen LogP contribution < -0.4 is 5.73 Å². The molecule has 0 unspecified atom stereocenters. The monoisotopic (exact) mass is 338 g/mol. The summed E-state index contributed by atoms with van der Waals surface area (Å²) < 4.78 is 5.18. The first-order valence-electron chi connectivity index (χ1n) is 6.25. The number of rotatable bonds is 2. The Hall–Kier alpha value is -1.49. The van der Waals surface area contributed by atoms with Gasteiger partial charge in [-0.2, -0.15) is 0 Å². The summed E-state index contributed by atoms with van der Waals surface area (Å²) >= 11 is 13.7. The predicted molar refractivity (Wildman–Crippen MR) is 89.2 cm³/mol. The van der Waals surface area contributed by atoms with Crippen LogP contribution in [0.5, 0.6) is 0 Å². The third kappa shape index (κ3) is 2.55. The molecular weight excluding hydrogens is 327 g/mol. The van der Waals surface area contributed by atoms with Crippen molar-refractivity contribution in [3.05, 3.63) is 44.8 Å². The minimum absolute atomic E-state index is 0.270. The fourth-order valence-electron chi connectivity index (χ4n) is 2.09. The van der Waals surface area contributed by atoms with Gasteiger partial charge in [0.1, 0.15) is 5.69 Å². The summed E-state index contributed by atoms with van der Waals surface area (Å²) in [4.78, 5) is 2.26. The van der Waals surface area contributed by atoms with Gasteiger partial charge in [-0.05, 0) is 43.2 Å². The molecule has 3 nitrogen and oxygen atoms in total. The first-order chi connectivity index (χ1) is 9.97. The van der Waals surface area contributed by atoms with Gasteiger partial charge in [-0.1, -0.05) is 34.4 Å². The summed E-state index contributed by atoms with van der Waals surface area (Å²) in [5, 5.41) is 5.07. The van der Waals surface area contributed by atoms with Gasteiger partial charge >= 0.3 is 0 Å². The number of nitrogens with zero attached hydrogens (tertiary/aromatic N) is 1. The molecule has 0 aliphatic heterocycles. The molecule has 2 N–H and O–H groups in total. The summed E-state index contributed by atoms with van der Waals surface area (Å²) in [7, 11) is 0. The number of nitrogen functional groups attached to an aromatic ring is 1. The topological polar surface area (TPSA) is 52.0 Å². The van der Waals surface area contributed by atoms with Crippen LogP contribution in [0, 0.1) is 13.8 Å². The molecule has 0 fully saturated rings. The molecule has 0 amide bonds. The number of nitrogens with two attached hydrogens (primary N) is 1. The number of aromatic nitrogens is 1. The largest absolute Gasteiger partial charge is 0.367 e. The summed E-state index contributed by atoms with van der Waals surface area (Å²) in [6, 6.07) is 7.44. The van der Waals surface area contributed by atoms with Gasteiger partial charge in [0, 0.05) is 4.88 Å². The molecule has 0 aliphatic rings. The Bertz CT molecular complexity index is 804. The van der Waals surface area contributed by atoms with Crippen LogP contribution >= 0.6 is 34.5 Å². The molecule has 3 rings (SSSR count). The van der Waals surface area contributed by atoms with Gasteiger partial charge in [0.15, 0.2) is 0 Å². The zero-order chi connectivity index (χ0) is 15.1. The summed E-state index contributed by atoms with van der Waals surface area (Å²) in [6.45, 7) is 4.14. The van der Waals surface area contributed by atoms with Gasteiger partial charge in [-0.25, -0.2) is 0 Å². The van der Waals surface area contributed by atoms with Crippen LogP contribution in [-0.4, -0.2) is 5.16 Å². The lowest BCUT2D eigenvalue weighted by molar-refractivity contribution is 0.439. The van der Waals surface area contributed by atoms with Crippen LogP contribution in [0.25, 0.3) is 21.7 Å². The van der Waals surface area contributed by atoms with E-state index in [9.17, 15) is 0 Å². The maximum Gasteiger partial charge on any atom is 0.230 e. The van der Waals surface area contributed by atoms with Gasteiger partial charge < -0.3 is 10.3 Å². The van der Waals surface area contributed by atoms with Crippen molar-refractivity contribution in [3.8, 4) is 21.7 Å². The Labute approximate surface area is 136 Å². The molecule has 1 aromatic carbocycles. The van der Waals surface area contributed by atoms with Crippen LogP contribution in [0.4, 0.5) is 5.88 Å². The quantitative estimate of drug-likeness (QED) is 0.663. The van der Waals surface area contributed by atoms with E-state index in [1.807, 2.05) is 6.07 Å². The minimum Gasteiger partial charge on any atom is -0.367 e. The molecule has 0 saturated heterocycles. The Balaban J connectivity index is 2.19. The maximum atomic E-state index is 6.09. The molecule has 0 aliphatic carbocycles. The molecule has 0 spiro atoms. The van der Waals surface area contributed by atoms with Crippen molar-refractivity contribution in [1.29, 1.82) is 0 Å². The lowest BCUT2D eigenvalue weighted by Gasteiger charge is -2.03. The Morgan fingerprint density at radius 2 is 1.90 bits per heavy atom. The van der Waals surface area contributed by atoms with Crippen molar-refractivity contribution in [1.82, 2.24) is 5.16 Å². The van der Waals surface area contributed by atoms with E-state index in [1.165, 1.54) is 10.4 Å². The molecule has 2 heterocycles. The van der Waals surface area contributed by atoms with Crippen molar-refractivity contribution < 1.29 is 4.52 Å². The van der Waals surface area contributed by atoms with Crippen LogP contribution in [0.3, 0.4) is 0 Å². The first-order valence-corrected chi connectivity index (χ1v) is 7.82. The number of thiophene rings is 1. The fourth-order valence-corrected chi connectivity index (χ4v) is 3.41. The van der Waals surface area contributed by atoms with E-state index in [0.29, 0.717) is 10.0 Å². The zero-order valence-electron chi connectivity index (χ0n) is 11.4. The number of benzene rings is 1. The highest BCUT2D eigenvalue weighted by Gasteiger charge is 2.20. The average molecular weight is 339 g/mol. The van der Waals surface area contributed by atoms with E-state index >= 15 is 0 Å². The highest BCUT2D eigenvalue weighted by atomic mass is 35.5. The van der Waals surface area contributed by atoms with E-state index in [2.05, 4.69) is 25.1 Å². The van der Waals surface area contributed by atoms with E-state index in [4.69, 9.17) is 33.5 Å². The number of hydrogen-bond donors (Lipinski definition) is 1. The molecular formula is C15H12Cl2N2OS. The van der Waals surface area contributed by atoms with Crippen LogP contribution in [0.15, 0.2) is 28.8 Å². The molecule has 21 heavy (non-hydrogen) atoms. The average Bonchev–Trinajstić information content (AvgIpc) is 2.97. The number of aryl methyl sites for hydroxylation is 2. The third-order valence-corrected chi connectivity index (χ3v) is 5.22. The number of halogens is 2. The third-order valence-electron chi connectivity index (χ3n) is 3.33. The maximum absolute atomic E-state index is 6.09. The van der Waals surface area contributed by atoms with E-state index < -0.39 is 0 Å². The first kappa shape index (κ1) is 14.4. The molecule has 0 saturated carbocycles. The molecule has 0 bridgehead atoms. The Morgan fingerprint density at radius 1 is 1.14 bits per heavy atom. The van der Waals surface area contributed by atoms with Crippen LogP contribution in [0.2, 0.25) is 10.0 Å². The van der Waals surface area contributed by atoms with Gasteiger partial charge in [0.25, 0.3) is 0 Å². The van der Waals surface area contributed by atoms with Crippen molar-refractivity contribution in [2.45, 2.75) is 13.8 Å². The molecule has 0 radical (unpaired) electrons. The predicted octanol–water partition coefficient (Wildman–Crippen LogP) is 5.58. The van der Waals surface area contributed by atoms with Crippen molar-refractivity contribution in [2.75, 3.05) is 5.73 Å². The molecule has 6 heteroatoms. The van der Waals surface area contributed by atoms with Crippen molar-refractivity contribution in [2.24, 2.45) is 0 Å². The lowest BCUT2D eigenvalue weighted by atomic mass is 10.0. The summed E-state index contributed by atoms with van der Waals surface area (Å²) in [5.41, 5.74) is 9.47. The normalized spacial score (nSPS) is 11.0. The number of anilines is 1. The van der Waals surface area contributed by atoms with E-state index in [-0.39, 0.29) is 5.88 Å². The Kier molecular flexibility index (Phi) is 3.69. The van der Waals surface area contributed by atoms with Gasteiger partial charge in [0.2, 0.25) is 5.88 Å². The van der Waals surface area contributed by atoms with Gasteiger partial charge in [-0.15, -0.1) is 11.3 Å². The van der Waals surface area contributed by atoms with Crippen LogP contribution in [0.1, 0.15) is 10.4 Å². The second kappa shape index (κ2) is 5.37. The second-order valence-electron chi connectivity index (χ2n) is 4.75. The highest BCUT2D eigenvalue weighted by molar-refractivity contribution is 7.15. The van der Waals surface area contributed by atoms with Crippen molar-refractivity contribution >= 4 is 40.4 Å². The smallest absolute Gasteiger partial charge is 0.230 e. The zero-order valence-corrected chi connectivity index (χ0v) is 13.7. The van der Waals surface area contributed by atoms with Gasteiger partial charge in [0.05, 0.1) is 20.5 Å². The van der Waals surface area contributed by atoms with E-state index in [0.717, 1.165) is 21.7 Å². The number of hydrogen-bond acceptors (Lipinski definition) is 4. The molecule has 0 atom stereocenters.